The van der Waals surface area contributed by atoms with Gasteiger partial charge in [0.2, 0.25) is 0 Å². The lowest BCUT2D eigenvalue weighted by Gasteiger charge is -2.36. The van der Waals surface area contributed by atoms with E-state index in [0.29, 0.717) is 12.6 Å². The zero-order valence-corrected chi connectivity index (χ0v) is 12.3. The van der Waals surface area contributed by atoms with E-state index < -0.39 is 0 Å². The first-order valence-corrected chi connectivity index (χ1v) is 7.48. The fourth-order valence-corrected chi connectivity index (χ4v) is 2.79. The molecule has 1 heterocycles. The Balaban J connectivity index is 1.88. The molecular weight excluding hydrogens is 255 g/mol. The number of benzene rings is 1. The zero-order chi connectivity index (χ0) is 14.2. The highest BCUT2D eigenvalue weighted by Crippen LogP contribution is 2.20. The number of ether oxygens (including phenoxy) is 1. The molecule has 0 amide bonds. The van der Waals surface area contributed by atoms with Gasteiger partial charge in [0.1, 0.15) is 5.82 Å². The fourth-order valence-electron chi connectivity index (χ4n) is 2.79. The molecule has 1 aliphatic heterocycles. The summed E-state index contributed by atoms with van der Waals surface area (Å²) < 4.78 is 18.8. The third kappa shape index (κ3) is 4.54. The fraction of sp³-hybridized carbons (Fsp3) is 0.625. The van der Waals surface area contributed by atoms with Crippen LogP contribution in [0.3, 0.4) is 0 Å². The van der Waals surface area contributed by atoms with Crippen molar-refractivity contribution in [3.8, 4) is 0 Å². The Morgan fingerprint density at radius 3 is 3.00 bits per heavy atom. The predicted molar refractivity (Wildman–Crippen MR) is 79.2 cm³/mol. The summed E-state index contributed by atoms with van der Waals surface area (Å²) in [6.45, 7) is 4.34. The Labute approximate surface area is 121 Å². The molecule has 1 atom stereocenters. The van der Waals surface area contributed by atoms with Gasteiger partial charge in [-0.1, -0.05) is 24.6 Å². The number of nitrogens with one attached hydrogen (secondary N) is 1. The van der Waals surface area contributed by atoms with Gasteiger partial charge in [-0.2, -0.15) is 0 Å². The molecule has 1 aliphatic rings. The quantitative estimate of drug-likeness (QED) is 0.776. The first-order valence-electron chi connectivity index (χ1n) is 7.48. The van der Waals surface area contributed by atoms with Gasteiger partial charge in [-0.15, -0.1) is 0 Å². The molecule has 0 saturated carbocycles. The average molecular weight is 280 g/mol. The molecule has 1 aromatic carbocycles. The molecule has 2 rings (SSSR count). The second kappa shape index (κ2) is 8.35. The van der Waals surface area contributed by atoms with Crippen LogP contribution in [0.4, 0.5) is 4.39 Å². The molecule has 0 bridgehead atoms. The lowest BCUT2D eigenvalue weighted by Crippen LogP contribution is -2.45. The second-order valence-corrected chi connectivity index (χ2v) is 5.41. The van der Waals surface area contributed by atoms with Gasteiger partial charge in [0.05, 0.1) is 6.61 Å². The highest BCUT2D eigenvalue weighted by molar-refractivity contribution is 5.17. The van der Waals surface area contributed by atoms with Crippen molar-refractivity contribution in [3.63, 3.8) is 0 Å². The van der Waals surface area contributed by atoms with Crippen LogP contribution in [0.2, 0.25) is 0 Å². The van der Waals surface area contributed by atoms with Crippen molar-refractivity contribution >= 4 is 0 Å². The van der Waals surface area contributed by atoms with Crippen LogP contribution >= 0.6 is 0 Å². The molecule has 20 heavy (non-hydrogen) atoms. The lowest BCUT2D eigenvalue weighted by molar-refractivity contribution is 0.131. The van der Waals surface area contributed by atoms with Crippen molar-refractivity contribution < 1.29 is 9.13 Å². The SMILES string of the molecule is COCCNCC1CCCCN1Cc1ccccc1F. The van der Waals surface area contributed by atoms with Crippen LogP contribution in [0.15, 0.2) is 24.3 Å². The van der Waals surface area contributed by atoms with Crippen LogP contribution in [0, 0.1) is 5.82 Å². The van der Waals surface area contributed by atoms with Gasteiger partial charge in [-0.3, -0.25) is 4.90 Å². The molecule has 1 unspecified atom stereocenters. The Morgan fingerprint density at radius 2 is 2.20 bits per heavy atom. The Morgan fingerprint density at radius 1 is 1.35 bits per heavy atom. The van der Waals surface area contributed by atoms with Crippen LogP contribution in [0.5, 0.6) is 0 Å². The van der Waals surface area contributed by atoms with E-state index in [-0.39, 0.29) is 5.82 Å². The van der Waals surface area contributed by atoms with E-state index in [1.54, 1.807) is 19.2 Å². The molecule has 1 fully saturated rings. The number of nitrogens with zero attached hydrogens (tertiary/aromatic N) is 1. The van der Waals surface area contributed by atoms with E-state index in [4.69, 9.17) is 4.74 Å². The molecule has 3 nitrogen and oxygen atoms in total. The number of hydrogen-bond donors (Lipinski definition) is 1. The smallest absolute Gasteiger partial charge is 0.127 e. The zero-order valence-electron chi connectivity index (χ0n) is 12.3. The average Bonchev–Trinajstić information content (AvgIpc) is 2.47. The highest BCUT2D eigenvalue weighted by Gasteiger charge is 2.22. The van der Waals surface area contributed by atoms with Crippen LogP contribution in [0.1, 0.15) is 24.8 Å². The van der Waals surface area contributed by atoms with E-state index in [1.807, 2.05) is 12.1 Å². The number of piperidine rings is 1. The largest absolute Gasteiger partial charge is 0.383 e. The number of likely N-dealkylation sites (tertiary alicyclic amines) is 1. The van der Waals surface area contributed by atoms with Crippen molar-refractivity contribution in [2.24, 2.45) is 0 Å². The molecule has 0 aliphatic carbocycles. The molecule has 112 valence electrons. The van der Waals surface area contributed by atoms with Crippen LogP contribution in [-0.4, -0.2) is 44.3 Å². The van der Waals surface area contributed by atoms with Gasteiger partial charge >= 0.3 is 0 Å². The molecule has 0 radical (unpaired) electrons. The summed E-state index contributed by atoms with van der Waals surface area (Å²) in [7, 11) is 1.72. The topological polar surface area (TPSA) is 24.5 Å². The lowest BCUT2D eigenvalue weighted by atomic mass is 10.0. The minimum absolute atomic E-state index is 0.0934. The molecule has 1 aromatic rings. The normalized spacial score (nSPS) is 20.2. The monoisotopic (exact) mass is 280 g/mol. The number of methoxy groups -OCH3 is 1. The predicted octanol–water partition coefficient (Wildman–Crippen LogP) is 2.42. The van der Waals surface area contributed by atoms with E-state index in [9.17, 15) is 4.39 Å². The summed E-state index contributed by atoms with van der Waals surface area (Å²) in [5.41, 5.74) is 0.802. The van der Waals surface area contributed by atoms with Crippen molar-refractivity contribution in [2.45, 2.75) is 31.8 Å². The Hall–Kier alpha value is -0.970. The highest BCUT2D eigenvalue weighted by atomic mass is 19.1. The first-order chi connectivity index (χ1) is 9.81. The molecule has 1 N–H and O–H groups in total. The van der Waals surface area contributed by atoms with Gasteiger partial charge < -0.3 is 10.1 Å². The van der Waals surface area contributed by atoms with Gasteiger partial charge in [-0.05, 0) is 25.5 Å². The summed E-state index contributed by atoms with van der Waals surface area (Å²) in [5, 5.41) is 3.43. The molecular formula is C16H25FN2O. The van der Waals surface area contributed by atoms with Gasteiger partial charge in [0.25, 0.3) is 0 Å². The molecule has 1 saturated heterocycles. The maximum atomic E-state index is 13.8. The summed E-state index contributed by atoms with van der Waals surface area (Å²) in [6, 6.07) is 7.59. The summed E-state index contributed by atoms with van der Waals surface area (Å²) in [6.07, 6.45) is 3.67. The number of halogens is 1. The van der Waals surface area contributed by atoms with E-state index in [0.717, 1.165) is 31.8 Å². The van der Waals surface area contributed by atoms with Crippen LogP contribution in [0.25, 0.3) is 0 Å². The summed E-state index contributed by atoms with van der Waals surface area (Å²) >= 11 is 0. The molecule has 4 heteroatoms. The maximum absolute atomic E-state index is 13.8. The van der Waals surface area contributed by atoms with Gasteiger partial charge in [0, 0.05) is 38.3 Å². The van der Waals surface area contributed by atoms with Crippen LogP contribution < -0.4 is 5.32 Å². The Bertz CT molecular complexity index is 400. The van der Waals surface area contributed by atoms with Crippen molar-refractivity contribution in [2.75, 3.05) is 33.4 Å². The molecule has 0 aromatic heterocycles. The number of rotatable bonds is 7. The standard InChI is InChI=1S/C16H25FN2O/c1-20-11-9-18-12-15-7-4-5-10-19(15)13-14-6-2-3-8-16(14)17/h2-3,6,8,15,18H,4-5,7,9-13H2,1H3. The van der Waals surface area contributed by atoms with Crippen LogP contribution in [-0.2, 0) is 11.3 Å². The van der Waals surface area contributed by atoms with Crippen molar-refractivity contribution in [1.29, 1.82) is 0 Å². The summed E-state index contributed by atoms with van der Waals surface area (Å²) in [5.74, 6) is -0.0934. The first kappa shape index (κ1) is 15.4. The van der Waals surface area contributed by atoms with Crippen molar-refractivity contribution in [3.05, 3.63) is 35.6 Å². The van der Waals surface area contributed by atoms with E-state index in [1.165, 1.54) is 19.3 Å². The maximum Gasteiger partial charge on any atom is 0.127 e. The van der Waals surface area contributed by atoms with E-state index >= 15 is 0 Å². The van der Waals surface area contributed by atoms with E-state index in [2.05, 4.69) is 10.2 Å². The Kier molecular flexibility index (Phi) is 6.43. The summed E-state index contributed by atoms with van der Waals surface area (Å²) in [4.78, 5) is 2.40. The minimum atomic E-state index is -0.0934. The van der Waals surface area contributed by atoms with Crippen molar-refractivity contribution in [1.82, 2.24) is 10.2 Å². The molecule has 0 spiro atoms. The van der Waals surface area contributed by atoms with Gasteiger partial charge in [0.15, 0.2) is 0 Å². The van der Waals surface area contributed by atoms with Gasteiger partial charge in [-0.25, -0.2) is 4.39 Å². The second-order valence-electron chi connectivity index (χ2n) is 5.41. The third-order valence-corrected chi connectivity index (χ3v) is 3.94. The number of hydrogen-bond acceptors (Lipinski definition) is 3. The minimum Gasteiger partial charge on any atom is -0.383 e. The third-order valence-electron chi connectivity index (χ3n) is 3.94.